The molecule has 0 bridgehead atoms. The lowest BCUT2D eigenvalue weighted by Gasteiger charge is -2.14. The van der Waals surface area contributed by atoms with Crippen molar-refractivity contribution in [3.8, 4) is 28.1 Å². The number of rotatable bonds is 10. The van der Waals surface area contributed by atoms with Crippen LogP contribution in [-0.2, 0) is 4.79 Å². The maximum absolute atomic E-state index is 12.7. The Balaban J connectivity index is 1.43. The van der Waals surface area contributed by atoms with Crippen molar-refractivity contribution in [2.24, 2.45) is 0 Å². The third-order valence-electron chi connectivity index (χ3n) is 7.79. The number of anilines is 1. The molecule has 0 saturated heterocycles. The fourth-order valence-corrected chi connectivity index (χ4v) is 5.73. The normalized spacial score (nSPS) is 12.3. The molecule has 0 aliphatic rings. The monoisotopic (exact) mass is 594 g/mol. The van der Waals surface area contributed by atoms with E-state index in [0.717, 1.165) is 55.1 Å². The zero-order valence-electron chi connectivity index (χ0n) is 25.0. The molecule has 226 valence electrons. The highest BCUT2D eigenvalue weighted by Crippen LogP contribution is 2.42. The Morgan fingerprint density at radius 2 is 1.84 bits per heavy atom. The van der Waals surface area contributed by atoms with E-state index < -0.39 is 6.10 Å². The van der Waals surface area contributed by atoms with Crippen LogP contribution in [-0.4, -0.2) is 69.1 Å². The molecule has 1 atom stereocenters. The molecule has 0 fully saturated rings. The summed E-state index contributed by atoms with van der Waals surface area (Å²) in [5.74, 6) is 1.81. The van der Waals surface area contributed by atoms with Gasteiger partial charge in [0.25, 0.3) is 0 Å². The molecule has 0 aliphatic heterocycles. The van der Waals surface area contributed by atoms with Crippen LogP contribution in [0, 0.1) is 20.8 Å². The minimum Gasteiger partial charge on any atom is -0.496 e. The number of aryl methyl sites for hydroxylation is 3. The van der Waals surface area contributed by atoms with Crippen molar-refractivity contribution in [3.63, 3.8) is 0 Å². The predicted molar refractivity (Wildman–Crippen MR) is 170 cm³/mol. The van der Waals surface area contributed by atoms with E-state index in [9.17, 15) is 9.90 Å². The van der Waals surface area contributed by atoms with Crippen molar-refractivity contribution in [3.05, 3.63) is 65.8 Å². The van der Waals surface area contributed by atoms with Gasteiger partial charge in [-0.05, 0) is 57.3 Å². The average molecular weight is 595 g/mol. The Morgan fingerprint density at radius 1 is 1.05 bits per heavy atom. The van der Waals surface area contributed by atoms with Crippen LogP contribution in [0.25, 0.3) is 55.1 Å². The number of aliphatic hydroxyl groups excluding tert-OH is 2. The molecule has 3 aromatic carbocycles. The third kappa shape index (κ3) is 5.37. The van der Waals surface area contributed by atoms with Gasteiger partial charge >= 0.3 is 0 Å². The first-order valence-corrected chi connectivity index (χ1v) is 14.4. The van der Waals surface area contributed by atoms with Crippen molar-refractivity contribution >= 4 is 44.3 Å². The van der Waals surface area contributed by atoms with Gasteiger partial charge in [0.1, 0.15) is 23.0 Å². The van der Waals surface area contributed by atoms with Crippen molar-refractivity contribution in [1.82, 2.24) is 25.4 Å². The van der Waals surface area contributed by atoms with Gasteiger partial charge in [-0.3, -0.25) is 4.79 Å². The highest BCUT2D eigenvalue weighted by atomic mass is 16.5. The van der Waals surface area contributed by atoms with Gasteiger partial charge in [-0.1, -0.05) is 35.5 Å². The van der Waals surface area contributed by atoms with E-state index in [2.05, 4.69) is 20.8 Å². The number of hydrogen-bond acceptors (Lipinski definition) is 9. The number of nitrogens with one attached hydrogen (secondary N) is 3. The van der Waals surface area contributed by atoms with Crippen LogP contribution in [0.3, 0.4) is 0 Å². The molecular weight excluding hydrogens is 560 g/mol. The van der Waals surface area contributed by atoms with Crippen molar-refractivity contribution in [1.29, 1.82) is 0 Å². The molecule has 0 unspecified atom stereocenters. The fraction of sp³-hybridized carbons (Fsp3) is 0.273. The summed E-state index contributed by atoms with van der Waals surface area (Å²) in [6, 6.07) is 15.8. The van der Waals surface area contributed by atoms with Gasteiger partial charge in [-0.2, -0.15) is 0 Å². The van der Waals surface area contributed by atoms with Gasteiger partial charge in [0, 0.05) is 33.1 Å². The van der Waals surface area contributed by atoms with E-state index in [1.165, 1.54) is 0 Å². The number of benzene rings is 3. The molecule has 11 nitrogen and oxygen atoms in total. The Hall–Kier alpha value is -4.84. The zero-order valence-corrected chi connectivity index (χ0v) is 25.0. The lowest BCUT2D eigenvalue weighted by Crippen LogP contribution is -2.30. The van der Waals surface area contributed by atoms with Crippen LogP contribution in [0.5, 0.6) is 5.75 Å². The Kier molecular flexibility index (Phi) is 8.00. The maximum Gasteiger partial charge on any atom is 0.238 e. The summed E-state index contributed by atoms with van der Waals surface area (Å²) in [7, 11) is 1.65. The molecule has 11 heteroatoms. The Labute approximate surface area is 253 Å². The number of carbonyl (C=O) groups excluding carboxylic acids is 1. The summed E-state index contributed by atoms with van der Waals surface area (Å²) < 4.78 is 11.3. The summed E-state index contributed by atoms with van der Waals surface area (Å²) in [6.45, 7) is 5.84. The molecule has 0 radical (unpaired) electrons. The molecule has 3 aromatic heterocycles. The quantitative estimate of drug-likeness (QED) is 0.141. The summed E-state index contributed by atoms with van der Waals surface area (Å²) in [6.07, 6.45) is -0.448. The van der Waals surface area contributed by atoms with Gasteiger partial charge in [0.05, 0.1) is 48.7 Å². The minimum absolute atomic E-state index is 0.0764. The largest absolute Gasteiger partial charge is 0.496 e. The van der Waals surface area contributed by atoms with Crippen LogP contribution in [0.15, 0.2) is 53.1 Å². The topological polar surface area (TPSA) is 158 Å². The van der Waals surface area contributed by atoms with E-state index in [1.54, 1.807) is 7.11 Å². The van der Waals surface area contributed by atoms with E-state index >= 15 is 0 Å². The smallest absolute Gasteiger partial charge is 0.238 e. The third-order valence-corrected chi connectivity index (χ3v) is 7.79. The number of fused-ring (bicyclic) bond motifs is 4. The van der Waals surface area contributed by atoms with Gasteiger partial charge in [0.15, 0.2) is 0 Å². The maximum atomic E-state index is 12.7. The molecule has 5 N–H and O–H groups in total. The van der Waals surface area contributed by atoms with Crippen LogP contribution in [0.4, 0.5) is 5.69 Å². The van der Waals surface area contributed by atoms with Gasteiger partial charge < -0.3 is 35.1 Å². The summed E-state index contributed by atoms with van der Waals surface area (Å²) in [5, 5.41) is 32.2. The number of amides is 1. The summed E-state index contributed by atoms with van der Waals surface area (Å²) >= 11 is 0. The summed E-state index contributed by atoms with van der Waals surface area (Å²) in [4.78, 5) is 25.9. The molecule has 0 spiro atoms. The van der Waals surface area contributed by atoms with E-state index in [1.807, 2.05) is 69.3 Å². The van der Waals surface area contributed by atoms with Crippen LogP contribution in [0.2, 0.25) is 0 Å². The van der Waals surface area contributed by atoms with E-state index in [0.29, 0.717) is 41.6 Å². The second kappa shape index (κ2) is 12.0. The zero-order chi connectivity index (χ0) is 31.0. The number of hydrogen-bond donors (Lipinski definition) is 5. The molecular formula is C33H34N6O5. The lowest BCUT2D eigenvalue weighted by molar-refractivity contribution is -0.115. The Morgan fingerprint density at radius 3 is 2.57 bits per heavy atom. The standard InChI is InChI=1S/C33H34N6O5/c1-17-30(18(2)44-39-17)25-13-27-24(14-28(25)43-4)31-32(35-19(3)36-33(31)38-27)23-9-10-26(22-8-6-5-7-21(22)23)37-29(42)15-34-12-11-20(41)16-40/h5-10,13-14,20,34,40-41H,11-12,15-16H2,1-4H3,(H,37,42)(H,35,36,38)/t20-/m0/s1. The SMILES string of the molecule is COc1cc2c(cc1-c1c(C)noc1C)[nH]c1nc(C)nc(-c3ccc(NC(=O)CNCC[C@H](O)CO)c4ccccc34)c12. The second-order valence-electron chi connectivity index (χ2n) is 10.8. The Bertz CT molecular complexity index is 1990. The van der Waals surface area contributed by atoms with Gasteiger partial charge in [0.2, 0.25) is 5.91 Å². The number of H-pyrrole nitrogens is 1. The molecule has 0 saturated carbocycles. The van der Waals surface area contributed by atoms with Crippen molar-refractivity contribution < 1.29 is 24.3 Å². The molecule has 0 aliphatic carbocycles. The number of aliphatic hydroxyl groups is 2. The van der Waals surface area contributed by atoms with Crippen LogP contribution >= 0.6 is 0 Å². The highest BCUT2D eigenvalue weighted by molar-refractivity contribution is 6.17. The number of aromatic amines is 1. The van der Waals surface area contributed by atoms with E-state index in [4.69, 9.17) is 24.3 Å². The molecule has 44 heavy (non-hydrogen) atoms. The lowest BCUT2D eigenvalue weighted by atomic mass is 9.97. The first kappa shape index (κ1) is 29.2. The highest BCUT2D eigenvalue weighted by Gasteiger charge is 2.22. The van der Waals surface area contributed by atoms with Crippen molar-refractivity contribution in [2.75, 3.05) is 32.1 Å². The first-order valence-electron chi connectivity index (χ1n) is 14.4. The molecule has 6 rings (SSSR count). The second-order valence-corrected chi connectivity index (χ2v) is 10.8. The van der Waals surface area contributed by atoms with Crippen LogP contribution < -0.4 is 15.4 Å². The number of carbonyl (C=O) groups is 1. The molecule has 3 heterocycles. The first-order chi connectivity index (χ1) is 21.3. The summed E-state index contributed by atoms with van der Waals surface area (Å²) in [5.41, 5.74) is 6.48. The number of ether oxygens (including phenoxy) is 1. The number of methoxy groups -OCH3 is 1. The van der Waals surface area contributed by atoms with Crippen molar-refractivity contribution in [2.45, 2.75) is 33.3 Å². The van der Waals surface area contributed by atoms with Crippen LogP contribution in [0.1, 0.15) is 23.7 Å². The predicted octanol–water partition coefficient (Wildman–Crippen LogP) is 4.79. The minimum atomic E-state index is -0.804. The molecule has 6 aromatic rings. The number of aromatic nitrogens is 4. The van der Waals surface area contributed by atoms with Gasteiger partial charge in [-0.15, -0.1) is 0 Å². The number of nitrogens with zero attached hydrogens (tertiary/aromatic N) is 3. The average Bonchev–Trinajstić information content (AvgIpc) is 3.55. The fourth-order valence-electron chi connectivity index (χ4n) is 5.73. The molecule has 1 amide bonds. The van der Waals surface area contributed by atoms with Gasteiger partial charge in [-0.25, -0.2) is 9.97 Å². The van der Waals surface area contributed by atoms with E-state index in [-0.39, 0.29) is 19.1 Å².